The number of rotatable bonds is 4. The first-order chi connectivity index (χ1) is 8.55. The van der Waals surface area contributed by atoms with Crippen LogP contribution in [0.2, 0.25) is 0 Å². The van der Waals surface area contributed by atoms with Crippen LogP contribution in [0.25, 0.3) is 0 Å². The van der Waals surface area contributed by atoms with Gasteiger partial charge in [0, 0.05) is 17.1 Å². The van der Waals surface area contributed by atoms with E-state index in [1.54, 1.807) is 12.1 Å². The van der Waals surface area contributed by atoms with E-state index in [1.165, 1.54) is 6.07 Å². The normalized spacial score (nSPS) is 10.2. The summed E-state index contributed by atoms with van der Waals surface area (Å²) >= 11 is 0. The van der Waals surface area contributed by atoms with E-state index in [-0.39, 0.29) is 22.0 Å². The third-order valence-electron chi connectivity index (χ3n) is 2.49. The summed E-state index contributed by atoms with van der Waals surface area (Å²) in [4.78, 5) is 0.0564. The van der Waals surface area contributed by atoms with Crippen LogP contribution in [0.4, 0.5) is 0 Å². The molecule has 0 bridgehead atoms. The zero-order valence-electron chi connectivity index (χ0n) is 10.8. The molecule has 112 valence electrons. The van der Waals surface area contributed by atoms with Gasteiger partial charge in [0.15, 0.2) is 0 Å². The summed E-state index contributed by atoms with van der Waals surface area (Å²) in [6.45, 7) is 2.04. The zero-order valence-corrected chi connectivity index (χ0v) is 12.7. The van der Waals surface area contributed by atoms with E-state index < -0.39 is 10.1 Å². The van der Waals surface area contributed by atoms with E-state index in [4.69, 9.17) is 4.55 Å². The van der Waals surface area contributed by atoms with Crippen LogP contribution >= 0.6 is 0 Å². The summed E-state index contributed by atoms with van der Waals surface area (Å²) < 4.78 is 30.5. The third kappa shape index (κ3) is 6.73. The smallest absolute Gasteiger partial charge is 0.270 e. The van der Waals surface area contributed by atoms with Crippen LogP contribution in [0.3, 0.4) is 0 Å². The fraction of sp³-hybridized carbons (Fsp3) is 0.286. The summed E-state index contributed by atoms with van der Waals surface area (Å²) in [5.74, 6) is 0. The molecular weight excluding hydrogens is 304 g/mol. The monoisotopic (exact) mass is 322 g/mol. The third-order valence-corrected chi connectivity index (χ3v) is 3.45. The molecule has 0 aromatic heterocycles. The Balaban J connectivity index is 0.000000454. The number of hydrogen-bond donors (Lipinski definition) is 1. The van der Waals surface area contributed by atoms with Crippen molar-refractivity contribution >= 4 is 10.1 Å². The predicted octanol–water partition coefficient (Wildman–Crippen LogP) is 3.40. The van der Waals surface area contributed by atoms with Crippen molar-refractivity contribution in [1.29, 1.82) is 0 Å². The molecule has 2 aromatic carbocycles. The van der Waals surface area contributed by atoms with Gasteiger partial charge in [-0.2, -0.15) is 20.6 Å². The fourth-order valence-electron chi connectivity index (χ4n) is 1.59. The second-order valence-corrected chi connectivity index (χ2v) is 5.35. The largest absolute Gasteiger partial charge is 0.748 e. The number of aryl methyl sites for hydroxylation is 1. The second-order valence-electron chi connectivity index (χ2n) is 3.96. The van der Waals surface area contributed by atoms with Gasteiger partial charge in [-0.05, 0) is 4.90 Å². The minimum Gasteiger partial charge on any atom is -0.748 e. The van der Waals surface area contributed by atoms with Gasteiger partial charge in [0.05, 0.1) is 0 Å². The summed E-state index contributed by atoms with van der Waals surface area (Å²) in [6.07, 6.45) is 2.65. The Hall–Kier alpha value is -0.871. The quantitative estimate of drug-likeness (QED) is 0.533. The van der Waals surface area contributed by atoms with Crippen molar-refractivity contribution in [2.24, 2.45) is 0 Å². The molecule has 0 atom stereocenters. The molecule has 0 amide bonds. The van der Waals surface area contributed by atoms with Crippen LogP contribution in [-0.4, -0.2) is 13.0 Å². The summed E-state index contributed by atoms with van der Waals surface area (Å²) in [5.41, 5.74) is 0.712. The molecule has 0 saturated carbocycles. The summed E-state index contributed by atoms with van der Waals surface area (Å²) in [5, 5.41) is 0. The molecule has 0 saturated heterocycles. The van der Waals surface area contributed by atoms with Crippen LogP contribution in [0.15, 0.2) is 53.4 Å². The molecule has 0 aliphatic rings. The van der Waals surface area contributed by atoms with Gasteiger partial charge in [0.25, 0.3) is 10.1 Å². The van der Waals surface area contributed by atoms with Crippen LogP contribution in [0.5, 0.6) is 0 Å². The van der Waals surface area contributed by atoms with Crippen molar-refractivity contribution in [2.45, 2.75) is 31.1 Å². The van der Waals surface area contributed by atoms with E-state index in [0.29, 0.717) is 12.0 Å². The average molecular weight is 322 g/mol. The molecule has 1 N–H and O–H groups in total. The average Bonchev–Trinajstić information content (AvgIpc) is 2.99. The molecule has 2 rings (SSSR count). The standard InChI is InChI=1S/C9H13O3S.C5H5.Fe/c1-2-3-5-8-6-4-7-9(8)13(10,11)12;1-2-4-5-3-1;/h4,6-7H,2-3,5H2,1H3,(H,10,11,12);1-5H;/q-1;-5;. The summed E-state index contributed by atoms with van der Waals surface area (Å²) in [7, 11) is -4.02. The SMILES string of the molecule is CCCC[c-]1cccc1S(=O)(=O)O.[Fe].[cH-]1[cH-][cH-][cH-][cH-]1. The van der Waals surface area contributed by atoms with Gasteiger partial charge in [-0.15, -0.1) is 5.56 Å². The van der Waals surface area contributed by atoms with E-state index in [9.17, 15) is 8.42 Å². The molecule has 0 aliphatic heterocycles. The van der Waals surface area contributed by atoms with Gasteiger partial charge in [0.2, 0.25) is 0 Å². The Bertz CT molecular complexity index is 510. The Labute approximate surface area is 125 Å². The van der Waals surface area contributed by atoms with Crippen LogP contribution in [0.1, 0.15) is 25.3 Å². The molecule has 0 spiro atoms. The van der Waals surface area contributed by atoms with E-state index in [0.717, 1.165) is 12.8 Å². The van der Waals surface area contributed by atoms with Crippen LogP contribution < -0.4 is 0 Å². The fourth-order valence-corrected chi connectivity index (χ4v) is 2.34. The van der Waals surface area contributed by atoms with Crippen molar-refractivity contribution in [3.63, 3.8) is 0 Å². The molecule has 0 aliphatic carbocycles. The Morgan fingerprint density at radius 2 is 1.74 bits per heavy atom. The minimum atomic E-state index is -4.02. The van der Waals surface area contributed by atoms with Gasteiger partial charge in [0.1, 0.15) is 0 Å². The summed E-state index contributed by atoms with van der Waals surface area (Å²) in [6, 6.07) is 14.8. The molecule has 0 heterocycles. The first-order valence-corrected chi connectivity index (χ1v) is 7.38. The molecule has 5 heteroatoms. The van der Waals surface area contributed by atoms with Gasteiger partial charge < -0.3 is 30.3 Å². The van der Waals surface area contributed by atoms with E-state index in [2.05, 4.69) is 0 Å². The maximum absolute atomic E-state index is 10.8. The van der Waals surface area contributed by atoms with Crippen molar-refractivity contribution in [2.75, 3.05) is 0 Å². The molecule has 0 unspecified atom stereocenters. The molecule has 0 fully saturated rings. The second kappa shape index (κ2) is 9.10. The van der Waals surface area contributed by atoms with Crippen molar-refractivity contribution in [3.8, 4) is 0 Å². The van der Waals surface area contributed by atoms with Gasteiger partial charge >= 0.3 is 0 Å². The Morgan fingerprint density at radius 1 is 1.21 bits per heavy atom. The van der Waals surface area contributed by atoms with Crippen LogP contribution in [-0.2, 0) is 33.6 Å². The topological polar surface area (TPSA) is 54.4 Å². The van der Waals surface area contributed by atoms with Crippen LogP contribution in [0, 0.1) is 0 Å². The zero-order chi connectivity index (χ0) is 13.4. The van der Waals surface area contributed by atoms with Gasteiger partial charge in [-0.3, -0.25) is 4.55 Å². The van der Waals surface area contributed by atoms with Crippen molar-refractivity contribution in [1.82, 2.24) is 0 Å². The Morgan fingerprint density at radius 3 is 2.16 bits per heavy atom. The molecule has 3 nitrogen and oxygen atoms in total. The molecule has 0 radical (unpaired) electrons. The van der Waals surface area contributed by atoms with Gasteiger partial charge in [-0.1, -0.05) is 26.2 Å². The Kier molecular flexibility index (Phi) is 8.68. The molecular formula is C14H18FeO3S-6. The number of hydrogen-bond acceptors (Lipinski definition) is 2. The van der Waals surface area contributed by atoms with E-state index >= 15 is 0 Å². The maximum atomic E-state index is 10.8. The van der Waals surface area contributed by atoms with E-state index in [1.807, 2.05) is 37.3 Å². The minimum absolute atomic E-state index is 0. The predicted molar refractivity (Wildman–Crippen MR) is 72.5 cm³/mol. The van der Waals surface area contributed by atoms with Gasteiger partial charge in [-0.25, -0.2) is 6.07 Å². The molecule has 19 heavy (non-hydrogen) atoms. The molecule has 2 aromatic rings. The number of unbranched alkanes of at least 4 members (excludes halogenated alkanes) is 1. The van der Waals surface area contributed by atoms with Crippen molar-refractivity contribution in [3.05, 3.63) is 54.1 Å². The first kappa shape index (κ1) is 18.1. The first-order valence-electron chi connectivity index (χ1n) is 5.94. The maximum Gasteiger partial charge on any atom is 0.270 e. The van der Waals surface area contributed by atoms with Crippen molar-refractivity contribution < 1.29 is 30.0 Å².